The number of benzene rings is 2. The second kappa shape index (κ2) is 8.60. The molecule has 0 radical (unpaired) electrons. The molecule has 3 aromatic rings. The van der Waals surface area contributed by atoms with Gasteiger partial charge in [0, 0.05) is 11.2 Å². The molecular formula is C20H21ClN4O2. The number of anilines is 4. The zero-order valence-electron chi connectivity index (χ0n) is 15.4. The highest BCUT2D eigenvalue weighted by atomic mass is 35.5. The normalized spacial score (nSPS) is 10.6. The van der Waals surface area contributed by atoms with Gasteiger partial charge in [0.1, 0.15) is 17.3 Å². The third-order valence-electron chi connectivity index (χ3n) is 3.58. The van der Waals surface area contributed by atoms with Gasteiger partial charge in [-0.05, 0) is 50.2 Å². The van der Waals surface area contributed by atoms with Crippen LogP contribution in [0.1, 0.15) is 13.8 Å². The van der Waals surface area contributed by atoms with Gasteiger partial charge in [-0.2, -0.15) is 4.98 Å². The largest absolute Gasteiger partial charge is 0.495 e. The van der Waals surface area contributed by atoms with Crippen molar-refractivity contribution in [2.24, 2.45) is 0 Å². The van der Waals surface area contributed by atoms with Gasteiger partial charge in [0.05, 0.1) is 24.6 Å². The molecule has 0 atom stereocenters. The molecule has 0 aliphatic carbocycles. The zero-order chi connectivity index (χ0) is 19.2. The molecule has 0 bridgehead atoms. The molecule has 1 heterocycles. The van der Waals surface area contributed by atoms with E-state index in [1.807, 2.05) is 38.1 Å². The Labute approximate surface area is 163 Å². The summed E-state index contributed by atoms with van der Waals surface area (Å²) in [5.41, 5.74) is 1.52. The molecule has 0 saturated heterocycles. The molecule has 140 valence electrons. The summed E-state index contributed by atoms with van der Waals surface area (Å²) >= 11 is 6.08. The van der Waals surface area contributed by atoms with E-state index in [1.54, 1.807) is 37.6 Å². The minimum absolute atomic E-state index is 0.0668. The molecule has 0 amide bonds. The summed E-state index contributed by atoms with van der Waals surface area (Å²) in [6.45, 7) is 3.96. The molecular weight excluding hydrogens is 364 g/mol. The molecule has 7 heteroatoms. The van der Waals surface area contributed by atoms with Crippen LogP contribution in [0.2, 0.25) is 5.02 Å². The van der Waals surface area contributed by atoms with Crippen molar-refractivity contribution in [2.75, 3.05) is 17.7 Å². The Balaban J connectivity index is 1.82. The molecule has 1 aromatic heterocycles. The van der Waals surface area contributed by atoms with E-state index in [1.165, 1.54) is 0 Å². The first-order valence-corrected chi connectivity index (χ1v) is 8.89. The second-order valence-corrected chi connectivity index (χ2v) is 6.46. The smallest absolute Gasteiger partial charge is 0.229 e. The fourth-order valence-electron chi connectivity index (χ4n) is 2.45. The van der Waals surface area contributed by atoms with Crippen LogP contribution in [0.5, 0.6) is 11.5 Å². The molecule has 6 nitrogen and oxygen atoms in total. The first kappa shape index (κ1) is 18.8. The summed E-state index contributed by atoms with van der Waals surface area (Å²) in [6.07, 6.45) is 1.73. The third kappa shape index (κ3) is 5.01. The van der Waals surface area contributed by atoms with Gasteiger partial charge in [0.25, 0.3) is 0 Å². The maximum atomic E-state index is 6.08. The lowest BCUT2D eigenvalue weighted by Crippen LogP contribution is -2.08. The molecule has 0 saturated carbocycles. The average molecular weight is 385 g/mol. The van der Waals surface area contributed by atoms with Crippen molar-refractivity contribution in [3.63, 3.8) is 0 Å². The minimum Gasteiger partial charge on any atom is -0.495 e. The predicted molar refractivity (Wildman–Crippen MR) is 109 cm³/mol. The number of hydrogen-bond donors (Lipinski definition) is 2. The van der Waals surface area contributed by atoms with Crippen molar-refractivity contribution in [1.29, 1.82) is 0 Å². The van der Waals surface area contributed by atoms with Crippen molar-refractivity contribution in [2.45, 2.75) is 20.0 Å². The van der Waals surface area contributed by atoms with Gasteiger partial charge < -0.3 is 20.1 Å². The van der Waals surface area contributed by atoms with Crippen molar-refractivity contribution in [1.82, 2.24) is 9.97 Å². The van der Waals surface area contributed by atoms with Crippen LogP contribution in [0, 0.1) is 0 Å². The van der Waals surface area contributed by atoms with Gasteiger partial charge >= 0.3 is 0 Å². The average Bonchev–Trinajstić information content (AvgIpc) is 2.63. The van der Waals surface area contributed by atoms with Crippen molar-refractivity contribution < 1.29 is 9.47 Å². The van der Waals surface area contributed by atoms with Crippen LogP contribution in [0.25, 0.3) is 0 Å². The Bertz CT molecular complexity index is 918. The minimum atomic E-state index is 0.0668. The monoisotopic (exact) mass is 384 g/mol. The highest BCUT2D eigenvalue weighted by Gasteiger charge is 2.09. The lowest BCUT2D eigenvalue weighted by atomic mass is 10.3. The second-order valence-electron chi connectivity index (χ2n) is 6.02. The summed E-state index contributed by atoms with van der Waals surface area (Å²) in [5.74, 6) is 2.46. The van der Waals surface area contributed by atoms with Crippen molar-refractivity contribution >= 4 is 34.7 Å². The topological polar surface area (TPSA) is 68.3 Å². The number of aromatic nitrogens is 2. The van der Waals surface area contributed by atoms with Crippen LogP contribution in [0.15, 0.2) is 54.7 Å². The number of nitrogens with zero attached hydrogens (tertiary/aromatic N) is 2. The Hall–Kier alpha value is -2.99. The van der Waals surface area contributed by atoms with Gasteiger partial charge in [-0.3, -0.25) is 0 Å². The van der Waals surface area contributed by atoms with Crippen LogP contribution in [0.3, 0.4) is 0 Å². The van der Waals surface area contributed by atoms with Gasteiger partial charge in [0.2, 0.25) is 5.95 Å². The maximum absolute atomic E-state index is 6.08. The van der Waals surface area contributed by atoms with Crippen LogP contribution >= 0.6 is 11.6 Å². The summed E-state index contributed by atoms with van der Waals surface area (Å²) in [4.78, 5) is 8.78. The maximum Gasteiger partial charge on any atom is 0.229 e. The van der Waals surface area contributed by atoms with E-state index >= 15 is 0 Å². The number of ether oxygens (including phenoxy) is 2. The molecule has 0 spiro atoms. The zero-order valence-corrected chi connectivity index (χ0v) is 16.1. The number of halogens is 1. The third-order valence-corrected chi connectivity index (χ3v) is 3.81. The van der Waals surface area contributed by atoms with Crippen LogP contribution in [-0.2, 0) is 0 Å². The fourth-order valence-corrected chi connectivity index (χ4v) is 2.62. The van der Waals surface area contributed by atoms with Crippen molar-refractivity contribution in [3.8, 4) is 11.5 Å². The molecule has 0 unspecified atom stereocenters. The summed E-state index contributed by atoms with van der Waals surface area (Å²) in [5, 5.41) is 7.01. The molecule has 0 fully saturated rings. The predicted octanol–water partition coefficient (Wildman–Crippen LogP) is 5.41. The van der Waals surface area contributed by atoms with E-state index in [9.17, 15) is 0 Å². The Kier molecular flexibility index (Phi) is 5.98. The van der Waals surface area contributed by atoms with E-state index in [2.05, 4.69) is 20.6 Å². The Morgan fingerprint density at radius 1 is 0.963 bits per heavy atom. The SMILES string of the molecule is COc1ccc(Cl)cc1Nc1ccnc(Nc2ccccc2OC(C)C)n1. The van der Waals surface area contributed by atoms with E-state index in [4.69, 9.17) is 21.1 Å². The number of para-hydroxylation sites is 2. The highest BCUT2D eigenvalue weighted by Crippen LogP contribution is 2.31. The Morgan fingerprint density at radius 3 is 2.56 bits per heavy atom. The summed E-state index contributed by atoms with van der Waals surface area (Å²) in [6, 6.07) is 14.8. The first-order valence-electron chi connectivity index (χ1n) is 8.51. The number of hydrogen-bond acceptors (Lipinski definition) is 6. The fraction of sp³-hybridized carbons (Fsp3) is 0.200. The van der Waals surface area contributed by atoms with E-state index in [0.29, 0.717) is 22.5 Å². The summed E-state index contributed by atoms with van der Waals surface area (Å²) in [7, 11) is 1.60. The Morgan fingerprint density at radius 2 is 1.78 bits per heavy atom. The molecule has 2 N–H and O–H groups in total. The first-order chi connectivity index (χ1) is 13.0. The molecule has 27 heavy (non-hydrogen) atoms. The lowest BCUT2D eigenvalue weighted by molar-refractivity contribution is 0.244. The summed E-state index contributed by atoms with van der Waals surface area (Å²) < 4.78 is 11.2. The van der Waals surface area contributed by atoms with Crippen LogP contribution in [0.4, 0.5) is 23.1 Å². The van der Waals surface area contributed by atoms with Crippen LogP contribution in [-0.4, -0.2) is 23.2 Å². The van der Waals surface area contributed by atoms with Gasteiger partial charge in [-0.25, -0.2) is 4.98 Å². The molecule has 0 aliphatic rings. The molecule has 0 aliphatic heterocycles. The van der Waals surface area contributed by atoms with Gasteiger partial charge in [-0.1, -0.05) is 23.7 Å². The van der Waals surface area contributed by atoms with Gasteiger partial charge in [-0.15, -0.1) is 0 Å². The highest BCUT2D eigenvalue weighted by molar-refractivity contribution is 6.31. The van der Waals surface area contributed by atoms with E-state index < -0.39 is 0 Å². The number of methoxy groups -OCH3 is 1. The van der Waals surface area contributed by atoms with Crippen LogP contribution < -0.4 is 20.1 Å². The number of nitrogens with one attached hydrogen (secondary N) is 2. The molecule has 2 aromatic carbocycles. The van der Waals surface area contributed by atoms with E-state index in [0.717, 1.165) is 17.1 Å². The standard InChI is InChI=1S/C20H21ClN4O2/c1-13(2)27-18-7-5-4-6-15(18)24-20-22-11-10-19(25-20)23-16-12-14(21)8-9-17(16)26-3/h4-13H,1-3H3,(H2,22,23,24,25). The van der Waals surface area contributed by atoms with Crippen molar-refractivity contribution in [3.05, 3.63) is 59.8 Å². The quantitative estimate of drug-likeness (QED) is 0.567. The lowest BCUT2D eigenvalue weighted by Gasteiger charge is -2.15. The number of rotatable bonds is 7. The van der Waals surface area contributed by atoms with Gasteiger partial charge in [0.15, 0.2) is 0 Å². The molecule has 3 rings (SSSR count). The van der Waals surface area contributed by atoms with E-state index in [-0.39, 0.29) is 6.10 Å².